The van der Waals surface area contributed by atoms with E-state index in [1.54, 1.807) is 26.0 Å². The van der Waals surface area contributed by atoms with E-state index in [1.807, 2.05) is 30.7 Å². The van der Waals surface area contributed by atoms with Crippen LogP contribution in [0.4, 0.5) is 0 Å². The molecule has 2 aromatic carbocycles. The molecule has 0 aliphatic carbocycles. The number of amides is 1. The van der Waals surface area contributed by atoms with Gasteiger partial charge in [0.25, 0.3) is 5.91 Å². The first-order valence-corrected chi connectivity index (χ1v) is 10.6. The fourth-order valence-electron chi connectivity index (χ4n) is 2.58. The second-order valence-electron chi connectivity index (χ2n) is 6.45. The Kier molecular flexibility index (Phi) is 4.86. The van der Waals surface area contributed by atoms with Crippen molar-refractivity contribution in [1.82, 2.24) is 4.57 Å². The Labute approximate surface area is 156 Å². The largest absolute Gasteiger partial charge is 0.319 e. The summed E-state index contributed by atoms with van der Waals surface area (Å²) >= 11 is 1.43. The van der Waals surface area contributed by atoms with Crippen LogP contribution in [0.5, 0.6) is 0 Å². The fraction of sp³-hybridized carbons (Fsp3) is 0.263. The van der Waals surface area contributed by atoms with Crippen LogP contribution >= 0.6 is 11.3 Å². The summed E-state index contributed by atoms with van der Waals surface area (Å²) in [6, 6.07) is 12.1. The minimum absolute atomic E-state index is 0.143. The second-order valence-corrected chi connectivity index (χ2v) is 9.97. The Morgan fingerprint density at radius 1 is 1.15 bits per heavy atom. The Morgan fingerprint density at radius 2 is 1.88 bits per heavy atom. The van der Waals surface area contributed by atoms with Gasteiger partial charge in [0.05, 0.1) is 20.4 Å². The summed E-state index contributed by atoms with van der Waals surface area (Å²) in [5, 5.41) is -0.548. The zero-order valence-electron chi connectivity index (χ0n) is 15.1. The monoisotopic (exact) mass is 388 g/mol. The molecule has 0 aliphatic heterocycles. The van der Waals surface area contributed by atoms with Crippen LogP contribution in [-0.4, -0.2) is 24.1 Å². The maximum atomic E-state index is 12.6. The summed E-state index contributed by atoms with van der Waals surface area (Å²) in [7, 11) is -1.57. The van der Waals surface area contributed by atoms with Crippen molar-refractivity contribution in [2.45, 2.75) is 30.9 Å². The van der Waals surface area contributed by atoms with Crippen molar-refractivity contribution in [3.63, 3.8) is 0 Å². The van der Waals surface area contributed by atoms with Crippen molar-refractivity contribution in [2.75, 3.05) is 0 Å². The van der Waals surface area contributed by atoms with Gasteiger partial charge in [-0.2, -0.15) is 4.99 Å². The zero-order valence-corrected chi connectivity index (χ0v) is 16.7. The molecule has 7 heteroatoms. The maximum absolute atomic E-state index is 12.6. The molecule has 3 aromatic rings. The molecule has 1 aromatic heterocycles. The van der Waals surface area contributed by atoms with Gasteiger partial charge in [-0.3, -0.25) is 4.79 Å². The van der Waals surface area contributed by atoms with Gasteiger partial charge in [-0.1, -0.05) is 23.5 Å². The third kappa shape index (κ3) is 3.37. The molecule has 1 heterocycles. The average Bonchev–Trinajstić information content (AvgIpc) is 2.89. The van der Waals surface area contributed by atoms with Gasteiger partial charge in [0, 0.05) is 12.6 Å². The van der Waals surface area contributed by atoms with Crippen molar-refractivity contribution in [2.24, 2.45) is 12.0 Å². The summed E-state index contributed by atoms with van der Waals surface area (Å²) in [4.78, 5) is 17.5. The van der Waals surface area contributed by atoms with Gasteiger partial charge in [-0.05, 0) is 56.7 Å². The lowest BCUT2D eigenvalue weighted by atomic mass is 10.2. The van der Waals surface area contributed by atoms with E-state index in [2.05, 4.69) is 11.1 Å². The Balaban J connectivity index is 2.06. The van der Waals surface area contributed by atoms with Crippen molar-refractivity contribution in [3.05, 3.63) is 58.4 Å². The molecule has 1 amide bonds. The summed E-state index contributed by atoms with van der Waals surface area (Å²) in [5.41, 5.74) is 2.41. The molecule has 0 unspecified atom stereocenters. The first-order valence-electron chi connectivity index (χ1n) is 8.19. The normalized spacial score (nSPS) is 12.9. The third-order valence-electron chi connectivity index (χ3n) is 4.19. The summed E-state index contributed by atoms with van der Waals surface area (Å²) < 4.78 is 27.6. The average molecular weight is 389 g/mol. The fourth-order valence-corrected chi connectivity index (χ4v) is 4.80. The van der Waals surface area contributed by atoms with Gasteiger partial charge in [0.15, 0.2) is 14.6 Å². The molecular formula is C19H20N2O3S2. The van der Waals surface area contributed by atoms with Crippen molar-refractivity contribution in [3.8, 4) is 0 Å². The number of aromatic nitrogens is 1. The van der Waals surface area contributed by atoms with Crippen LogP contribution < -0.4 is 4.80 Å². The summed E-state index contributed by atoms with van der Waals surface area (Å²) in [6.45, 7) is 5.25. The predicted molar refractivity (Wildman–Crippen MR) is 104 cm³/mol. The van der Waals surface area contributed by atoms with Crippen LogP contribution in [0.25, 0.3) is 10.2 Å². The molecule has 0 atom stereocenters. The van der Waals surface area contributed by atoms with Gasteiger partial charge in [-0.15, -0.1) is 0 Å². The van der Waals surface area contributed by atoms with E-state index in [4.69, 9.17) is 0 Å². The highest BCUT2D eigenvalue weighted by atomic mass is 32.2. The van der Waals surface area contributed by atoms with Gasteiger partial charge in [0.1, 0.15) is 0 Å². The number of sulfone groups is 1. The topological polar surface area (TPSA) is 68.5 Å². The molecule has 0 saturated heterocycles. The summed E-state index contributed by atoms with van der Waals surface area (Å²) in [6.07, 6.45) is 0. The third-order valence-corrected chi connectivity index (χ3v) is 7.44. The molecule has 26 heavy (non-hydrogen) atoms. The lowest BCUT2D eigenvalue weighted by Gasteiger charge is -2.08. The number of carbonyl (C=O) groups is 1. The highest BCUT2D eigenvalue weighted by Gasteiger charge is 2.20. The number of hydrogen-bond acceptors (Lipinski definition) is 4. The molecule has 0 fully saturated rings. The number of thiazole rings is 1. The van der Waals surface area contributed by atoms with Crippen LogP contribution in [0.3, 0.4) is 0 Å². The first-order chi connectivity index (χ1) is 12.2. The van der Waals surface area contributed by atoms with E-state index in [0.717, 1.165) is 15.8 Å². The van der Waals surface area contributed by atoms with Crippen LogP contribution in [0.15, 0.2) is 52.4 Å². The van der Waals surface area contributed by atoms with Gasteiger partial charge in [-0.25, -0.2) is 8.42 Å². The molecular weight excluding hydrogens is 368 g/mol. The SMILES string of the molecule is Cc1ccc2c(c1)sc(=NC(=O)c1cccc(S(=O)(=O)C(C)C)c1)n2C. The second kappa shape index (κ2) is 6.81. The van der Waals surface area contributed by atoms with Crippen molar-refractivity contribution >= 4 is 37.3 Å². The number of aryl methyl sites for hydroxylation is 2. The number of rotatable bonds is 3. The number of nitrogens with zero attached hydrogens (tertiary/aromatic N) is 2. The molecule has 3 rings (SSSR count). The Morgan fingerprint density at radius 3 is 2.58 bits per heavy atom. The molecule has 0 radical (unpaired) electrons. The van der Waals surface area contributed by atoms with Crippen molar-refractivity contribution < 1.29 is 13.2 Å². The highest BCUT2D eigenvalue weighted by Crippen LogP contribution is 2.19. The maximum Gasteiger partial charge on any atom is 0.279 e. The zero-order chi connectivity index (χ0) is 19.1. The van der Waals surface area contributed by atoms with Crippen LogP contribution in [0.1, 0.15) is 29.8 Å². The molecule has 0 N–H and O–H groups in total. The molecule has 0 saturated carbocycles. The van der Waals surface area contributed by atoms with Crippen molar-refractivity contribution in [1.29, 1.82) is 0 Å². The number of hydrogen-bond donors (Lipinski definition) is 0. The smallest absolute Gasteiger partial charge is 0.279 e. The molecule has 0 spiro atoms. The summed E-state index contributed by atoms with van der Waals surface area (Å²) in [5.74, 6) is -0.454. The lowest BCUT2D eigenvalue weighted by molar-refractivity contribution is 0.0997. The quantitative estimate of drug-likeness (QED) is 0.690. The number of benzene rings is 2. The van der Waals surface area contributed by atoms with E-state index >= 15 is 0 Å². The molecule has 136 valence electrons. The molecule has 0 bridgehead atoms. The van der Waals surface area contributed by atoms with Gasteiger partial charge in [0.2, 0.25) is 0 Å². The Hall–Kier alpha value is -2.25. The van der Waals surface area contributed by atoms with Crippen LogP contribution in [0.2, 0.25) is 0 Å². The first kappa shape index (κ1) is 18.5. The lowest BCUT2D eigenvalue weighted by Crippen LogP contribution is -2.15. The Bertz CT molecular complexity index is 1170. The molecule has 0 aliphatic rings. The van der Waals surface area contributed by atoms with E-state index in [1.165, 1.54) is 23.5 Å². The van der Waals surface area contributed by atoms with Gasteiger partial charge < -0.3 is 4.57 Å². The predicted octanol–water partition coefficient (Wildman–Crippen LogP) is 3.47. The standard InChI is InChI=1S/C19H20N2O3S2/c1-12(2)26(23,24)15-7-5-6-14(11-15)18(22)20-19-21(4)16-9-8-13(3)10-17(16)25-19/h5-12H,1-4H3. The minimum Gasteiger partial charge on any atom is -0.319 e. The number of fused-ring (bicyclic) bond motifs is 1. The van der Waals surface area contributed by atoms with E-state index in [9.17, 15) is 13.2 Å². The van der Waals surface area contributed by atoms with Crippen LogP contribution in [-0.2, 0) is 16.9 Å². The van der Waals surface area contributed by atoms with E-state index < -0.39 is 21.0 Å². The van der Waals surface area contributed by atoms with Crippen LogP contribution in [0, 0.1) is 6.92 Å². The van der Waals surface area contributed by atoms with E-state index in [-0.39, 0.29) is 10.5 Å². The highest BCUT2D eigenvalue weighted by molar-refractivity contribution is 7.92. The minimum atomic E-state index is -3.44. The molecule has 5 nitrogen and oxygen atoms in total. The van der Waals surface area contributed by atoms with E-state index in [0.29, 0.717) is 4.80 Å². The number of carbonyl (C=O) groups excluding carboxylic acids is 1. The van der Waals surface area contributed by atoms with Gasteiger partial charge >= 0.3 is 0 Å².